The zero-order valence-corrected chi connectivity index (χ0v) is 35.1. The molecule has 0 amide bonds. The fourth-order valence-electron chi connectivity index (χ4n) is 10.3. The average molecular weight is 819 g/mol. The van der Waals surface area contributed by atoms with Gasteiger partial charge in [0.15, 0.2) is 0 Å². The predicted molar refractivity (Wildman–Crippen MR) is 270 cm³/mol. The Morgan fingerprint density at radius 3 is 1.68 bits per heavy atom. The summed E-state index contributed by atoms with van der Waals surface area (Å²) < 4.78 is 7.58. The summed E-state index contributed by atoms with van der Waals surface area (Å²) in [6, 6.07) is 84.5. The molecule has 294 valence electrons. The van der Waals surface area contributed by atoms with Gasteiger partial charge < -0.3 is 9.13 Å². The van der Waals surface area contributed by atoms with Crippen molar-refractivity contribution < 1.29 is 0 Å². The van der Waals surface area contributed by atoms with E-state index in [1.807, 2.05) is 11.3 Å². The SMILES string of the molecule is c1ccc(-c2cccc(-n3c4ccccc4c4cccc(-c5cccc6c5c5ccccc5n6-c5ccc(-c6ccccc6-c6ccccc6)c6c5sc5ccccc56)c43)c2)cc1. The molecule has 0 fully saturated rings. The third-order valence-corrected chi connectivity index (χ3v) is 14.1. The molecule has 0 unspecified atom stereocenters. The first kappa shape index (κ1) is 35.7. The highest BCUT2D eigenvalue weighted by atomic mass is 32.1. The molecular weight excluding hydrogens is 781 g/mol. The lowest BCUT2D eigenvalue weighted by Gasteiger charge is -2.16. The van der Waals surface area contributed by atoms with Crippen molar-refractivity contribution in [1.82, 2.24) is 9.13 Å². The first-order valence-electron chi connectivity index (χ1n) is 21.6. The van der Waals surface area contributed by atoms with Crippen molar-refractivity contribution in [1.29, 1.82) is 0 Å². The second-order valence-electron chi connectivity index (χ2n) is 16.4. The van der Waals surface area contributed by atoms with E-state index in [1.165, 1.54) is 114 Å². The zero-order valence-electron chi connectivity index (χ0n) is 34.2. The van der Waals surface area contributed by atoms with E-state index in [-0.39, 0.29) is 0 Å². The van der Waals surface area contributed by atoms with Crippen LogP contribution in [0.3, 0.4) is 0 Å². The van der Waals surface area contributed by atoms with Gasteiger partial charge in [0.2, 0.25) is 0 Å². The highest BCUT2D eigenvalue weighted by Gasteiger charge is 2.24. The Morgan fingerprint density at radius 2 is 0.857 bits per heavy atom. The fraction of sp³-hybridized carbons (Fsp3) is 0. The van der Waals surface area contributed by atoms with E-state index >= 15 is 0 Å². The summed E-state index contributed by atoms with van der Waals surface area (Å²) in [5.74, 6) is 0. The van der Waals surface area contributed by atoms with Gasteiger partial charge in [-0.05, 0) is 81.4 Å². The number of rotatable bonds is 6. The standard InChI is InChI=1S/C60H38N2S/c1-3-18-39(19-4-1)41-22-15-23-42(38-41)61-52-32-12-9-26-45(52)48-30-16-31-49(59(48)61)46-29-17-34-54-57(46)50-27-10-13-33-53(50)62(54)55-37-36-47(58-51-28-11-14-35-56(51)63-60(55)58)44-25-8-7-24-43(44)40-20-5-2-6-21-40/h1-38H. The monoisotopic (exact) mass is 818 g/mol. The first-order chi connectivity index (χ1) is 31.3. The molecule has 0 aliphatic heterocycles. The number of hydrogen-bond acceptors (Lipinski definition) is 1. The largest absolute Gasteiger partial charge is 0.309 e. The topological polar surface area (TPSA) is 9.86 Å². The average Bonchev–Trinajstić information content (AvgIpc) is 4.03. The van der Waals surface area contributed by atoms with E-state index in [0.717, 1.165) is 5.69 Å². The Labute approximate surface area is 368 Å². The molecular formula is C60H38N2S. The van der Waals surface area contributed by atoms with Crippen molar-refractivity contribution in [2.75, 3.05) is 0 Å². The van der Waals surface area contributed by atoms with Gasteiger partial charge in [0, 0.05) is 48.3 Å². The van der Waals surface area contributed by atoms with Crippen molar-refractivity contribution in [2.45, 2.75) is 0 Å². The molecule has 0 aliphatic carbocycles. The van der Waals surface area contributed by atoms with Crippen LogP contribution in [0.1, 0.15) is 0 Å². The first-order valence-corrected chi connectivity index (χ1v) is 22.4. The van der Waals surface area contributed by atoms with Gasteiger partial charge in [-0.1, -0.05) is 188 Å². The molecule has 0 aliphatic rings. The minimum absolute atomic E-state index is 1.14. The molecule has 2 nitrogen and oxygen atoms in total. The van der Waals surface area contributed by atoms with E-state index < -0.39 is 0 Å². The van der Waals surface area contributed by atoms with Crippen LogP contribution < -0.4 is 0 Å². The Hall–Kier alpha value is -7.98. The summed E-state index contributed by atoms with van der Waals surface area (Å²) in [4.78, 5) is 0. The van der Waals surface area contributed by atoms with Crippen LogP contribution in [-0.4, -0.2) is 9.13 Å². The molecule has 0 bridgehead atoms. The van der Waals surface area contributed by atoms with E-state index in [9.17, 15) is 0 Å². The van der Waals surface area contributed by atoms with Crippen molar-refractivity contribution >= 4 is 75.1 Å². The summed E-state index contributed by atoms with van der Waals surface area (Å²) in [5, 5.41) is 7.56. The van der Waals surface area contributed by atoms with Gasteiger partial charge in [0.05, 0.1) is 32.5 Å². The molecule has 3 heteroatoms. The van der Waals surface area contributed by atoms with Crippen LogP contribution in [0, 0.1) is 0 Å². The molecule has 0 spiro atoms. The van der Waals surface area contributed by atoms with Crippen LogP contribution in [0.15, 0.2) is 231 Å². The van der Waals surface area contributed by atoms with Gasteiger partial charge in [-0.2, -0.15) is 0 Å². The normalized spacial score (nSPS) is 11.8. The van der Waals surface area contributed by atoms with Crippen LogP contribution in [0.25, 0.3) is 120 Å². The maximum absolute atomic E-state index is 2.53. The van der Waals surface area contributed by atoms with Gasteiger partial charge >= 0.3 is 0 Å². The lowest BCUT2D eigenvalue weighted by Crippen LogP contribution is -1.97. The third kappa shape index (κ3) is 5.50. The number of hydrogen-bond donors (Lipinski definition) is 0. The summed E-state index contributed by atoms with van der Waals surface area (Å²) >= 11 is 1.89. The molecule has 0 N–H and O–H groups in total. The number of aromatic nitrogens is 2. The molecule has 0 saturated carbocycles. The molecule has 3 aromatic heterocycles. The molecule has 0 radical (unpaired) electrons. The number of fused-ring (bicyclic) bond motifs is 9. The lowest BCUT2D eigenvalue weighted by molar-refractivity contribution is 1.18. The van der Waals surface area contributed by atoms with Crippen molar-refractivity contribution in [2.24, 2.45) is 0 Å². The van der Waals surface area contributed by atoms with Gasteiger partial charge in [-0.3, -0.25) is 0 Å². The highest BCUT2D eigenvalue weighted by molar-refractivity contribution is 7.26. The van der Waals surface area contributed by atoms with Gasteiger partial charge in [0.25, 0.3) is 0 Å². The van der Waals surface area contributed by atoms with Gasteiger partial charge in [-0.25, -0.2) is 0 Å². The second kappa shape index (κ2) is 14.3. The maximum Gasteiger partial charge on any atom is 0.0641 e. The molecule has 0 atom stereocenters. The van der Waals surface area contributed by atoms with E-state index in [2.05, 4.69) is 240 Å². The van der Waals surface area contributed by atoms with Crippen LogP contribution >= 0.6 is 11.3 Å². The maximum atomic E-state index is 2.53. The van der Waals surface area contributed by atoms with Gasteiger partial charge in [0.1, 0.15) is 0 Å². The summed E-state index contributed by atoms with van der Waals surface area (Å²) in [6.45, 7) is 0. The number of nitrogens with zero attached hydrogens (tertiary/aromatic N) is 2. The molecule has 63 heavy (non-hydrogen) atoms. The predicted octanol–water partition coefficient (Wildman–Crippen LogP) is 16.9. The Kier molecular flexibility index (Phi) is 8.12. The molecule has 0 saturated heterocycles. The Bertz CT molecular complexity index is 3900. The molecule has 13 aromatic rings. The van der Waals surface area contributed by atoms with Crippen LogP contribution in [0.4, 0.5) is 0 Å². The summed E-state index contributed by atoms with van der Waals surface area (Å²) in [6.07, 6.45) is 0. The smallest absolute Gasteiger partial charge is 0.0641 e. The van der Waals surface area contributed by atoms with Crippen molar-refractivity contribution in [3.05, 3.63) is 231 Å². The lowest BCUT2D eigenvalue weighted by atomic mass is 9.91. The van der Waals surface area contributed by atoms with Crippen LogP contribution in [0.5, 0.6) is 0 Å². The quantitative estimate of drug-likeness (QED) is 0.158. The Morgan fingerprint density at radius 1 is 0.302 bits per heavy atom. The number of thiophene rings is 1. The molecule has 3 heterocycles. The number of benzene rings is 10. The zero-order chi connectivity index (χ0) is 41.4. The molecule has 10 aromatic carbocycles. The van der Waals surface area contributed by atoms with Crippen LogP contribution in [0.2, 0.25) is 0 Å². The highest BCUT2D eigenvalue weighted by Crippen LogP contribution is 2.48. The third-order valence-electron chi connectivity index (χ3n) is 12.9. The van der Waals surface area contributed by atoms with E-state index in [4.69, 9.17) is 0 Å². The van der Waals surface area contributed by atoms with E-state index in [1.54, 1.807) is 0 Å². The number of para-hydroxylation sites is 3. The second-order valence-corrected chi connectivity index (χ2v) is 17.4. The van der Waals surface area contributed by atoms with Crippen molar-refractivity contribution in [3.63, 3.8) is 0 Å². The van der Waals surface area contributed by atoms with Crippen LogP contribution in [-0.2, 0) is 0 Å². The van der Waals surface area contributed by atoms with E-state index in [0.29, 0.717) is 0 Å². The summed E-state index contributed by atoms with van der Waals surface area (Å²) in [5.41, 5.74) is 16.9. The molecule has 13 rings (SSSR count). The minimum Gasteiger partial charge on any atom is -0.309 e. The minimum atomic E-state index is 1.14. The fourth-order valence-corrected chi connectivity index (χ4v) is 11.5. The van der Waals surface area contributed by atoms with Crippen molar-refractivity contribution in [3.8, 4) is 55.9 Å². The summed E-state index contributed by atoms with van der Waals surface area (Å²) in [7, 11) is 0. The van der Waals surface area contributed by atoms with Gasteiger partial charge in [-0.15, -0.1) is 11.3 Å². The Balaban J connectivity index is 1.09.